The summed E-state index contributed by atoms with van der Waals surface area (Å²) in [7, 11) is -3.02. The van der Waals surface area contributed by atoms with Crippen molar-refractivity contribution in [3.05, 3.63) is 100.0 Å². The van der Waals surface area contributed by atoms with Gasteiger partial charge in [0.1, 0.15) is 39.8 Å². The number of benzene rings is 1. The smallest absolute Gasteiger partial charge is 0.148 e. The Hall–Kier alpha value is -4.17. The van der Waals surface area contributed by atoms with Crippen molar-refractivity contribution >= 4 is 45.0 Å². The highest BCUT2D eigenvalue weighted by Crippen LogP contribution is 2.33. The van der Waals surface area contributed by atoms with E-state index in [1.165, 1.54) is 12.5 Å². The zero-order valence-electron chi connectivity index (χ0n) is 22.0. The van der Waals surface area contributed by atoms with E-state index in [9.17, 15) is 13.7 Å². The van der Waals surface area contributed by atoms with Gasteiger partial charge in [-0.25, -0.2) is 8.42 Å². The first-order chi connectivity index (χ1) is 19.2. The number of nitrogens with one attached hydrogen (secondary N) is 2. The molecular weight excluding hydrogens is 550 g/mol. The van der Waals surface area contributed by atoms with Gasteiger partial charge >= 0.3 is 0 Å². The molecule has 0 amide bonds. The molecule has 3 aromatic heterocycles. The predicted molar refractivity (Wildman–Crippen MR) is 156 cm³/mol. The maximum Gasteiger partial charge on any atom is 0.148 e. The van der Waals surface area contributed by atoms with Crippen LogP contribution in [-0.2, 0) is 23.0 Å². The van der Waals surface area contributed by atoms with Crippen LogP contribution in [0.25, 0.3) is 12.2 Å². The zero-order chi connectivity index (χ0) is 28.5. The molecule has 1 aromatic carbocycles. The average Bonchev–Trinajstić information content (AvgIpc) is 3.38. The number of hydrogen-bond acceptors (Lipinski definition) is 9. The zero-order valence-corrected chi connectivity index (χ0v) is 23.6. The lowest BCUT2D eigenvalue weighted by atomic mass is 10.1. The number of anilines is 2. The van der Waals surface area contributed by atoms with Crippen molar-refractivity contribution in [2.45, 2.75) is 20.1 Å². The number of rotatable bonds is 12. The molecule has 0 saturated heterocycles. The summed E-state index contributed by atoms with van der Waals surface area (Å²) in [6.45, 7) is 2.89. The van der Waals surface area contributed by atoms with Crippen LogP contribution in [0.1, 0.15) is 34.0 Å². The molecule has 0 spiro atoms. The molecule has 0 saturated carbocycles. The van der Waals surface area contributed by atoms with Crippen LogP contribution in [0.5, 0.6) is 5.75 Å². The van der Waals surface area contributed by atoms with Crippen molar-refractivity contribution in [1.29, 1.82) is 5.26 Å². The van der Waals surface area contributed by atoms with E-state index in [4.69, 9.17) is 20.8 Å². The van der Waals surface area contributed by atoms with E-state index < -0.39 is 9.84 Å². The van der Waals surface area contributed by atoms with Crippen molar-refractivity contribution in [1.82, 2.24) is 15.3 Å². The van der Waals surface area contributed by atoms with Crippen molar-refractivity contribution < 1.29 is 17.6 Å². The molecule has 4 aromatic rings. The molecule has 0 aliphatic rings. The summed E-state index contributed by atoms with van der Waals surface area (Å²) in [5.41, 5.74) is 3.84. The topological polar surface area (TPSA) is 130 Å². The van der Waals surface area contributed by atoms with E-state index in [2.05, 4.69) is 26.7 Å². The van der Waals surface area contributed by atoms with Gasteiger partial charge in [-0.3, -0.25) is 9.97 Å². The number of halogens is 1. The van der Waals surface area contributed by atoms with Crippen LogP contribution >= 0.6 is 11.6 Å². The van der Waals surface area contributed by atoms with Crippen molar-refractivity contribution in [2.75, 3.05) is 23.9 Å². The summed E-state index contributed by atoms with van der Waals surface area (Å²) >= 11 is 6.49. The van der Waals surface area contributed by atoms with Crippen LogP contribution in [0.4, 0.5) is 11.4 Å². The van der Waals surface area contributed by atoms with E-state index in [1.807, 2.05) is 49.4 Å². The summed E-state index contributed by atoms with van der Waals surface area (Å²) in [5.74, 6) is 1.85. The Morgan fingerprint density at radius 2 is 2.00 bits per heavy atom. The fourth-order valence-electron chi connectivity index (χ4n) is 3.73. The van der Waals surface area contributed by atoms with E-state index in [0.717, 1.165) is 11.3 Å². The van der Waals surface area contributed by atoms with Crippen LogP contribution in [0.3, 0.4) is 0 Å². The van der Waals surface area contributed by atoms with Gasteiger partial charge in [0.05, 0.1) is 34.3 Å². The predicted octanol–water partition coefficient (Wildman–Crippen LogP) is 5.53. The minimum absolute atomic E-state index is 0.0594. The van der Waals surface area contributed by atoms with Gasteiger partial charge in [-0.2, -0.15) is 5.26 Å². The fraction of sp³-hybridized carbons (Fsp3) is 0.207. The summed E-state index contributed by atoms with van der Waals surface area (Å²) in [6, 6.07) is 16.7. The Kier molecular flexibility index (Phi) is 9.56. The molecule has 2 N–H and O–H groups in total. The molecule has 0 radical (unpaired) electrons. The van der Waals surface area contributed by atoms with Crippen molar-refractivity contribution in [2.24, 2.45) is 0 Å². The first kappa shape index (κ1) is 28.8. The van der Waals surface area contributed by atoms with E-state index in [0.29, 0.717) is 58.0 Å². The van der Waals surface area contributed by atoms with E-state index >= 15 is 0 Å². The normalized spacial score (nSPS) is 11.4. The Labute approximate surface area is 238 Å². The van der Waals surface area contributed by atoms with Gasteiger partial charge in [0.15, 0.2) is 0 Å². The number of hydrogen-bond donors (Lipinski definition) is 2. The van der Waals surface area contributed by atoms with Crippen molar-refractivity contribution in [3.8, 4) is 11.8 Å². The van der Waals surface area contributed by atoms with Crippen LogP contribution in [0, 0.1) is 18.3 Å². The molecule has 40 heavy (non-hydrogen) atoms. The number of ether oxygens (including phenoxy) is 1. The largest absolute Gasteiger partial charge is 0.486 e. The molecule has 0 aliphatic carbocycles. The van der Waals surface area contributed by atoms with Crippen molar-refractivity contribution in [3.63, 3.8) is 0 Å². The standard InChI is InChI=1S/C29H28ClN5O4S/c1-20-26(10-9-24-7-8-25(39-24)18-32-13-14-40(2,36)37)29(21(16-31)17-34-20)35-22-6-11-28(27(30)15-22)38-19-23-5-3-4-12-33-23/h3-12,15,17,32H,13-14,18-19H2,1-2H3,(H,34,35)/b10-9+. The minimum Gasteiger partial charge on any atom is -0.486 e. The Morgan fingerprint density at radius 1 is 1.15 bits per heavy atom. The third kappa shape index (κ3) is 8.16. The summed E-state index contributed by atoms with van der Waals surface area (Å²) < 4.78 is 34.2. The van der Waals surface area contributed by atoms with Gasteiger partial charge in [-0.15, -0.1) is 0 Å². The minimum atomic E-state index is -3.02. The number of nitrogens with zero attached hydrogens (tertiary/aromatic N) is 3. The summed E-state index contributed by atoms with van der Waals surface area (Å²) in [6.07, 6.45) is 8.05. The second-order valence-corrected chi connectivity index (χ2v) is 11.6. The first-order valence-electron chi connectivity index (χ1n) is 12.4. The van der Waals surface area contributed by atoms with Gasteiger partial charge < -0.3 is 19.8 Å². The lowest BCUT2D eigenvalue weighted by Gasteiger charge is -2.15. The van der Waals surface area contributed by atoms with Crippen LogP contribution < -0.4 is 15.4 Å². The highest BCUT2D eigenvalue weighted by molar-refractivity contribution is 7.90. The fourth-order valence-corrected chi connectivity index (χ4v) is 4.48. The molecule has 0 unspecified atom stereocenters. The van der Waals surface area contributed by atoms with Gasteiger partial charge in [0.2, 0.25) is 0 Å². The lowest BCUT2D eigenvalue weighted by Crippen LogP contribution is -2.21. The number of aromatic nitrogens is 2. The SMILES string of the molecule is Cc1ncc(C#N)c(Nc2ccc(OCc3ccccn3)c(Cl)c2)c1/C=C/c1ccc(CNCCS(C)(=O)=O)o1. The first-order valence-corrected chi connectivity index (χ1v) is 14.8. The quantitative estimate of drug-likeness (QED) is 0.209. The number of aryl methyl sites for hydroxylation is 1. The average molecular weight is 578 g/mol. The molecule has 206 valence electrons. The molecule has 4 rings (SSSR count). The second kappa shape index (κ2) is 13.3. The molecule has 0 aliphatic heterocycles. The van der Waals surface area contributed by atoms with E-state index in [1.54, 1.807) is 24.4 Å². The van der Waals surface area contributed by atoms with Crippen LogP contribution in [0.15, 0.2) is 65.3 Å². The van der Waals surface area contributed by atoms with Crippen LogP contribution in [-0.4, -0.2) is 36.9 Å². The Bertz CT molecular complexity index is 1650. The molecule has 11 heteroatoms. The number of furan rings is 1. The number of nitriles is 1. The van der Waals surface area contributed by atoms with Gasteiger partial charge in [-0.05, 0) is 61.5 Å². The molecule has 3 heterocycles. The molecular formula is C29H28ClN5O4S. The molecule has 0 bridgehead atoms. The maximum atomic E-state index is 11.3. The van der Waals surface area contributed by atoms with Gasteiger partial charge in [0.25, 0.3) is 0 Å². The molecule has 0 fully saturated rings. The highest BCUT2D eigenvalue weighted by atomic mass is 35.5. The van der Waals surface area contributed by atoms with Gasteiger partial charge in [-0.1, -0.05) is 17.7 Å². The Balaban J connectivity index is 1.48. The number of pyridine rings is 2. The maximum absolute atomic E-state index is 11.3. The van der Waals surface area contributed by atoms with E-state index in [-0.39, 0.29) is 12.4 Å². The molecule has 0 atom stereocenters. The Morgan fingerprint density at radius 3 is 2.73 bits per heavy atom. The molecule has 9 nitrogen and oxygen atoms in total. The number of sulfone groups is 1. The van der Waals surface area contributed by atoms with Gasteiger partial charge in [0, 0.05) is 42.1 Å². The second-order valence-electron chi connectivity index (χ2n) is 8.98. The highest BCUT2D eigenvalue weighted by Gasteiger charge is 2.13. The summed E-state index contributed by atoms with van der Waals surface area (Å²) in [4.78, 5) is 8.61. The summed E-state index contributed by atoms with van der Waals surface area (Å²) in [5, 5.41) is 16.5. The third-order valence-electron chi connectivity index (χ3n) is 5.78. The van der Waals surface area contributed by atoms with Crippen LogP contribution in [0.2, 0.25) is 5.02 Å². The lowest BCUT2D eigenvalue weighted by molar-refractivity contribution is 0.301. The monoisotopic (exact) mass is 577 g/mol. The third-order valence-corrected chi connectivity index (χ3v) is 7.03.